The maximum Gasteiger partial charge on any atom is 0.240 e. The number of hydrogen-bond acceptors (Lipinski definition) is 4. The van der Waals surface area contributed by atoms with Crippen molar-refractivity contribution < 1.29 is 18.0 Å². The van der Waals surface area contributed by atoms with E-state index in [1.807, 2.05) is 10.8 Å². The van der Waals surface area contributed by atoms with Crippen molar-refractivity contribution in [1.82, 2.24) is 9.62 Å². The highest BCUT2D eigenvalue weighted by atomic mass is 32.2. The Bertz CT molecular complexity index is 954. The van der Waals surface area contributed by atoms with Crippen molar-refractivity contribution in [3.8, 4) is 0 Å². The summed E-state index contributed by atoms with van der Waals surface area (Å²) in [5, 5.41) is 0. The van der Waals surface area contributed by atoms with Crippen molar-refractivity contribution >= 4 is 21.8 Å². The van der Waals surface area contributed by atoms with Crippen molar-refractivity contribution in [3.63, 3.8) is 0 Å². The number of likely N-dealkylation sites (tertiary alicyclic amines) is 1. The molecule has 0 radical (unpaired) electrons. The number of benzene rings is 1. The largest absolute Gasteiger partial charge is 0.341 e. The highest BCUT2D eigenvalue weighted by molar-refractivity contribution is 7.89. The lowest BCUT2D eigenvalue weighted by atomic mass is 9.41. The molecule has 4 saturated carbocycles. The summed E-state index contributed by atoms with van der Waals surface area (Å²) < 4.78 is 24.7. The fourth-order valence-electron chi connectivity index (χ4n) is 7.35. The second-order valence-electron chi connectivity index (χ2n) is 10.5. The number of hydrogen-bond donors (Lipinski definition) is 1. The maximum absolute atomic E-state index is 13.4. The van der Waals surface area contributed by atoms with Crippen LogP contribution >= 0.6 is 0 Å². The monoisotopic (exact) mass is 444 g/mol. The van der Waals surface area contributed by atoms with Crippen molar-refractivity contribution in [3.05, 3.63) is 35.9 Å². The Kier molecular flexibility index (Phi) is 4.96. The van der Waals surface area contributed by atoms with Gasteiger partial charge in [0.2, 0.25) is 21.8 Å². The Morgan fingerprint density at radius 3 is 2.10 bits per heavy atom. The Labute approximate surface area is 184 Å². The van der Waals surface area contributed by atoms with E-state index in [-0.39, 0.29) is 11.3 Å². The minimum Gasteiger partial charge on any atom is -0.341 e. The molecule has 5 aliphatic rings. The van der Waals surface area contributed by atoms with Gasteiger partial charge >= 0.3 is 0 Å². The first-order valence-electron chi connectivity index (χ1n) is 11.5. The average molecular weight is 445 g/mol. The Balaban J connectivity index is 1.35. The molecule has 4 bridgehead atoms. The molecular formula is C24H32N2O4S. The van der Waals surface area contributed by atoms with E-state index >= 15 is 0 Å². The van der Waals surface area contributed by atoms with Crippen LogP contribution in [0.2, 0.25) is 0 Å². The van der Waals surface area contributed by atoms with Gasteiger partial charge < -0.3 is 4.90 Å². The molecule has 1 aliphatic heterocycles. The SMILES string of the molecule is CC1C2CC3CC1CC(C2)C3(CC(=O)N1CC(C(=O)NS(C)(=O)=O)C1)c1ccccc1. The number of carbonyl (C=O) groups is 2. The summed E-state index contributed by atoms with van der Waals surface area (Å²) in [6.45, 7) is 3.04. The number of amides is 2. The molecule has 31 heavy (non-hydrogen) atoms. The quantitative estimate of drug-likeness (QED) is 0.757. The third-order valence-corrected chi connectivity index (χ3v) is 9.51. The Morgan fingerprint density at radius 1 is 1.03 bits per heavy atom. The molecule has 6 rings (SSSR count). The first kappa shape index (κ1) is 21.0. The third-order valence-electron chi connectivity index (χ3n) is 8.94. The normalized spacial score (nSPS) is 36.8. The van der Waals surface area contributed by atoms with Gasteiger partial charge in [0.25, 0.3) is 0 Å². The second kappa shape index (κ2) is 7.32. The van der Waals surface area contributed by atoms with Crippen molar-refractivity contribution in [1.29, 1.82) is 0 Å². The number of nitrogens with one attached hydrogen (secondary N) is 1. The van der Waals surface area contributed by atoms with Crippen LogP contribution in [0, 0.1) is 35.5 Å². The van der Waals surface area contributed by atoms with Gasteiger partial charge in [-0.3, -0.25) is 14.3 Å². The number of sulfonamides is 1. The molecule has 0 unspecified atom stereocenters. The molecule has 0 aromatic heterocycles. The molecule has 4 aliphatic carbocycles. The summed E-state index contributed by atoms with van der Waals surface area (Å²) in [6, 6.07) is 10.6. The standard InChI is InChI=1S/C24H32N2O4S/c1-15-16-8-20-10-17(15)11-21(9-16)24(20,19-6-4-3-5-7-19)12-22(27)26-13-18(14-26)23(28)25-31(2,29)30/h3-7,15-18,20-21H,8-14H2,1-2H3,(H,25,28). The van der Waals surface area contributed by atoms with E-state index in [2.05, 4.69) is 31.2 Å². The summed E-state index contributed by atoms with van der Waals surface area (Å²) in [7, 11) is -3.57. The molecule has 6 nitrogen and oxygen atoms in total. The summed E-state index contributed by atoms with van der Waals surface area (Å²) >= 11 is 0. The van der Waals surface area contributed by atoms with E-state index in [1.54, 1.807) is 4.90 Å². The van der Waals surface area contributed by atoms with Crippen LogP contribution in [0.3, 0.4) is 0 Å². The van der Waals surface area contributed by atoms with Crippen molar-refractivity contribution in [2.75, 3.05) is 19.3 Å². The zero-order chi connectivity index (χ0) is 22.0. The number of carbonyl (C=O) groups excluding carboxylic acids is 2. The highest BCUT2D eigenvalue weighted by Gasteiger charge is 2.60. The summed E-state index contributed by atoms with van der Waals surface area (Å²) in [5.74, 6) is 2.64. The van der Waals surface area contributed by atoms with Gasteiger partial charge in [0, 0.05) is 24.9 Å². The van der Waals surface area contributed by atoms with Crippen LogP contribution in [0.1, 0.15) is 44.6 Å². The van der Waals surface area contributed by atoms with E-state index in [0.29, 0.717) is 31.3 Å². The van der Waals surface area contributed by atoms with Gasteiger partial charge in [-0.2, -0.15) is 0 Å². The predicted octanol–water partition coefficient (Wildman–Crippen LogP) is 2.55. The van der Waals surface area contributed by atoms with Crippen LogP contribution in [0.4, 0.5) is 0 Å². The zero-order valence-corrected chi connectivity index (χ0v) is 19.1. The molecule has 0 spiro atoms. The molecule has 168 valence electrons. The Hall–Kier alpha value is -1.89. The number of nitrogens with zero attached hydrogens (tertiary/aromatic N) is 1. The van der Waals surface area contributed by atoms with Gasteiger partial charge in [-0.25, -0.2) is 8.42 Å². The molecule has 1 N–H and O–H groups in total. The lowest BCUT2D eigenvalue weighted by Crippen LogP contribution is -2.61. The van der Waals surface area contributed by atoms with E-state index in [1.165, 1.54) is 31.2 Å². The van der Waals surface area contributed by atoms with E-state index < -0.39 is 21.8 Å². The molecule has 1 heterocycles. The van der Waals surface area contributed by atoms with Crippen LogP contribution in [-0.4, -0.2) is 44.5 Å². The summed E-state index contributed by atoms with van der Waals surface area (Å²) in [6.07, 6.45) is 6.35. The third kappa shape index (κ3) is 3.49. The van der Waals surface area contributed by atoms with Crippen LogP contribution < -0.4 is 4.72 Å². The van der Waals surface area contributed by atoms with Crippen molar-refractivity contribution in [2.45, 2.75) is 44.4 Å². The van der Waals surface area contributed by atoms with Crippen LogP contribution in [0.25, 0.3) is 0 Å². The van der Waals surface area contributed by atoms with Crippen LogP contribution in [0.15, 0.2) is 30.3 Å². The lowest BCUT2D eigenvalue weighted by Gasteiger charge is -2.64. The second-order valence-corrected chi connectivity index (χ2v) is 12.3. The van der Waals surface area contributed by atoms with E-state index in [9.17, 15) is 18.0 Å². The van der Waals surface area contributed by atoms with Gasteiger partial charge in [-0.1, -0.05) is 37.3 Å². The lowest BCUT2D eigenvalue weighted by molar-refractivity contribution is -0.150. The van der Waals surface area contributed by atoms with Crippen LogP contribution in [0.5, 0.6) is 0 Å². The van der Waals surface area contributed by atoms with Crippen LogP contribution in [-0.2, 0) is 25.0 Å². The van der Waals surface area contributed by atoms with Gasteiger partial charge in [0.1, 0.15) is 0 Å². The maximum atomic E-state index is 13.4. The molecular weight excluding hydrogens is 412 g/mol. The van der Waals surface area contributed by atoms with Gasteiger partial charge in [0.05, 0.1) is 12.2 Å². The van der Waals surface area contributed by atoms with E-state index in [0.717, 1.165) is 24.0 Å². The van der Waals surface area contributed by atoms with Gasteiger partial charge in [0.15, 0.2) is 0 Å². The summed E-state index contributed by atoms with van der Waals surface area (Å²) in [4.78, 5) is 27.2. The van der Waals surface area contributed by atoms with Gasteiger partial charge in [-0.15, -0.1) is 0 Å². The molecule has 1 saturated heterocycles. The number of rotatable bonds is 5. The summed E-state index contributed by atoms with van der Waals surface area (Å²) in [5.41, 5.74) is 1.20. The van der Waals surface area contributed by atoms with Gasteiger partial charge in [-0.05, 0) is 60.8 Å². The first-order valence-corrected chi connectivity index (χ1v) is 13.4. The Morgan fingerprint density at radius 2 is 1.58 bits per heavy atom. The zero-order valence-electron chi connectivity index (χ0n) is 18.3. The molecule has 2 amide bonds. The molecule has 5 fully saturated rings. The highest BCUT2D eigenvalue weighted by Crippen LogP contribution is 2.65. The first-order chi connectivity index (χ1) is 14.7. The average Bonchev–Trinajstić information content (AvgIpc) is 2.64. The smallest absolute Gasteiger partial charge is 0.240 e. The fraction of sp³-hybridized carbons (Fsp3) is 0.667. The molecule has 1 aromatic rings. The molecule has 7 heteroatoms. The minimum atomic E-state index is -3.57. The molecule has 1 aromatic carbocycles. The van der Waals surface area contributed by atoms with E-state index in [4.69, 9.17) is 0 Å². The fourth-order valence-corrected chi connectivity index (χ4v) is 7.88. The topological polar surface area (TPSA) is 83.6 Å². The van der Waals surface area contributed by atoms with Crippen molar-refractivity contribution in [2.24, 2.45) is 35.5 Å². The molecule has 0 atom stereocenters. The predicted molar refractivity (Wildman–Crippen MR) is 117 cm³/mol. The minimum absolute atomic E-state index is 0.104.